The monoisotopic (exact) mass is 212 g/mol. The first-order chi connectivity index (χ1) is 7.05. The van der Waals surface area contributed by atoms with Crippen molar-refractivity contribution in [2.45, 2.75) is 58.9 Å². The smallest absolute Gasteiger partial charge is 0.00930 e. The van der Waals surface area contributed by atoms with Gasteiger partial charge in [-0.15, -0.1) is 0 Å². The number of hydrogen-bond donors (Lipinski definition) is 2. The Bertz CT molecular complexity index is 177. The Labute approximate surface area is 95.0 Å². The SMILES string of the molecule is CC1CC(C)(C)CCC1NCCCCN. The molecule has 1 rings (SSSR count). The molecular weight excluding hydrogens is 184 g/mol. The second-order valence-corrected chi connectivity index (χ2v) is 5.94. The van der Waals surface area contributed by atoms with Crippen LogP contribution in [0.2, 0.25) is 0 Å². The molecule has 0 amide bonds. The van der Waals surface area contributed by atoms with Gasteiger partial charge in [0.1, 0.15) is 0 Å². The van der Waals surface area contributed by atoms with Crippen molar-refractivity contribution in [1.29, 1.82) is 0 Å². The van der Waals surface area contributed by atoms with Crippen LogP contribution in [0, 0.1) is 11.3 Å². The largest absolute Gasteiger partial charge is 0.330 e. The van der Waals surface area contributed by atoms with Gasteiger partial charge in [-0.1, -0.05) is 20.8 Å². The summed E-state index contributed by atoms with van der Waals surface area (Å²) in [4.78, 5) is 0. The van der Waals surface area contributed by atoms with E-state index in [0.29, 0.717) is 5.41 Å². The lowest BCUT2D eigenvalue weighted by atomic mass is 9.70. The van der Waals surface area contributed by atoms with Crippen molar-refractivity contribution < 1.29 is 0 Å². The standard InChI is InChI=1S/C13H28N2/c1-11-10-13(2,3)7-6-12(11)15-9-5-4-8-14/h11-12,15H,4-10,14H2,1-3H3. The summed E-state index contributed by atoms with van der Waals surface area (Å²) in [6, 6.07) is 0.746. The van der Waals surface area contributed by atoms with Crippen molar-refractivity contribution in [2.24, 2.45) is 17.1 Å². The molecule has 15 heavy (non-hydrogen) atoms. The van der Waals surface area contributed by atoms with E-state index in [9.17, 15) is 0 Å². The van der Waals surface area contributed by atoms with Crippen molar-refractivity contribution in [3.63, 3.8) is 0 Å². The van der Waals surface area contributed by atoms with Crippen molar-refractivity contribution >= 4 is 0 Å². The van der Waals surface area contributed by atoms with Gasteiger partial charge in [-0.2, -0.15) is 0 Å². The summed E-state index contributed by atoms with van der Waals surface area (Å²) in [5, 5.41) is 3.69. The van der Waals surface area contributed by atoms with Crippen LogP contribution >= 0.6 is 0 Å². The van der Waals surface area contributed by atoms with Gasteiger partial charge in [-0.05, 0) is 56.5 Å². The fraction of sp³-hybridized carbons (Fsp3) is 1.00. The van der Waals surface area contributed by atoms with Crippen molar-refractivity contribution in [3.8, 4) is 0 Å². The average molecular weight is 212 g/mol. The molecule has 0 saturated heterocycles. The van der Waals surface area contributed by atoms with Crippen LogP contribution in [0.5, 0.6) is 0 Å². The predicted molar refractivity (Wildman–Crippen MR) is 66.9 cm³/mol. The van der Waals surface area contributed by atoms with Gasteiger partial charge in [0.2, 0.25) is 0 Å². The maximum atomic E-state index is 5.48. The molecule has 1 aliphatic carbocycles. The number of hydrogen-bond acceptors (Lipinski definition) is 2. The summed E-state index contributed by atoms with van der Waals surface area (Å²) in [6.45, 7) is 9.16. The van der Waals surface area contributed by atoms with Crippen LogP contribution < -0.4 is 11.1 Å². The average Bonchev–Trinajstić information content (AvgIpc) is 2.14. The highest BCUT2D eigenvalue weighted by atomic mass is 14.9. The molecule has 3 N–H and O–H groups in total. The molecule has 0 radical (unpaired) electrons. The van der Waals surface area contributed by atoms with Crippen LogP contribution in [0.4, 0.5) is 0 Å². The molecule has 0 aliphatic heterocycles. The third-order valence-corrected chi connectivity index (χ3v) is 3.73. The lowest BCUT2D eigenvalue weighted by molar-refractivity contribution is 0.149. The van der Waals surface area contributed by atoms with E-state index >= 15 is 0 Å². The molecule has 0 bridgehead atoms. The third kappa shape index (κ3) is 4.52. The van der Waals surface area contributed by atoms with Crippen LogP contribution in [-0.4, -0.2) is 19.1 Å². The van der Waals surface area contributed by atoms with Gasteiger partial charge in [0.25, 0.3) is 0 Å². The van der Waals surface area contributed by atoms with Gasteiger partial charge in [-0.3, -0.25) is 0 Å². The minimum atomic E-state index is 0.564. The Kier molecular flexibility index (Phi) is 5.07. The van der Waals surface area contributed by atoms with E-state index in [1.165, 1.54) is 25.7 Å². The van der Waals surface area contributed by atoms with E-state index in [1.54, 1.807) is 0 Å². The minimum absolute atomic E-state index is 0.564. The van der Waals surface area contributed by atoms with E-state index in [4.69, 9.17) is 5.73 Å². The highest BCUT2D eigenvalue weighted by Gasteiger charge is 2.31. The Hall–Kier alpha value is -0.0800. The Morgan fingerprint density at radius 1 is 1.33 bits per heavy atom. The van der Waals surface area contributed by atoms with Crippen LogP contribution in [0.15, 0.2) is 0 Å². The van der Waals surface area contributed by atoms with E-state index in [-0.39, 0.29) is 0 Å². The molecule has 1 saturated carbocycles. The van der Waals surface area contributed by atoms with Gasteiger partial charge in [0.15, 0.2) is 0 Å². The zero-order valence-electron chi connectivity index (χ0n) is 10.7. The molecule has 1 fully saturated rings. The van der Waals surface area contributed by atoms with Gasteiger partial charge in [0.05, 0.1) is 0 Å². The second kappa shape index (κ2) is 5.86. The van der Waals surface area contributed by atoms with Crippen LogP contribution in [-0.2, 0) is 0 Å². The number of nitrogens with two attached hydrogens (primary N) is 1. The zero-order chi connectivity index (χ0) is 11.3. The summed E-state index contributed by atoms with van der Waals surface area (Å²) >= 11 is 0. The van der Waals surface area contributed by atoms with Gasteiger partial charge >= 0.3 is 0 Å². The molecule has 0 heterocycles. The van der Waals surface area contributed by atoms with Crippen molar-refractivity contribution in [2.75, 3.05) is 13.1 Å². The molecule has 0 aromatic carbocycles. The molecule has 0 aromatic rings. The molecular formula is C13H28N2. The number of rotatable bonds is 5. The van der Waals surface area contributed by atoms with Crippen LogP contribution in [0.1, 0.15) is 52.9 Å². The second-order valence-electron chi connectivity index (χ2n) is 5.94. The molecule has 2 atom stereocenters. The summed E-state index contributed by atoms with van der Waals surface area (Å²) in [5.41, 5.74) is 6.05. The lowest BCUT2D eigenvalue weighted by Crippen LogP contribution is -2.42. The Balaban J connectivity index is 2.20. The fourth-order valence-corrected chi connectivity index (χ4v) is 2.81. The molecule has 2 heteroatoms. The van der Waals surface area contributed by atoms with Crippen LogP contribution in [0.25, 0.3) is 0 Å². The Morgan fingerprint density at radius 3 is 2.67 bits per heavy atom. The number of nitrogens with one attached hydrogen (secondary N) is 1. The highest BCUT2D eigenvalue weighted by molar-refractivity contribution is 4.86. The first-order valence-electron chi connectivity index (χ1n) is 6.48. The summed E-state index contributed by atoms with van der Waals surface area (Å²) < 4.78 is 0. The van der Waals surface area contributed by atoms with Crippen LogP contribution in [0.3, 0.4) is 0 Å². The maximum absolute atomic E-state index is 5.48. The molecule has 90 valence electrons. The molecule has 2 nitrogen and oxygen atoms in total. The minimum Gasteiger partial charge on any atom is -0.330 e. The molecule has 0 aromatic heterocycles. The lowest BCUT2D eigenvalue weighted by Gasteiger charge is -2.39. The van der Waals surface area contributed by atoms with Crippen molar-refractivity contribution in [1.82, 2.24) is 5.32 Å². The summed E-state index contributed by atoms with van der Waals surface area (Å²) in [6.07, 6.45) is 6.45. The predicted octanol–water partition coefficient (Wildman–Crippen LogP) is 2.53. The van der Waals surface area contributed by atoms with Gasteiger partial charge in [-0.25, -0.2) is 0 Å². The topological polar surface area (TPSA) is 38.0 Å². The van der Waals surface area contributed by atoms with Gasteiger partial charge < -0.3 is 11.1 Å². The zero-order valence-corrected chi connectivity index (χ0v) is 10.7. The third-order valence-electron chi connectivity index (χ3n) is 3.73. The fourth-order valence-electron chi connectivity index (χ4n) is 2.81. The highest BCUT2D eigenvalue weighted by Crippen LogP contribution is 2.38. The molecule has 0 spiro atoms. The first-order valence-corrected chi connectivity index (χ1v) is 6.48. The quantitative estimate of drug-likeness (QED) is 0.687. The normalized spacial score (nSPS) is 30.4. The summed E-state index contributed by atoms with van der Waals surface area (Å²) in [7, 11) is 0. The maximum Gasteiger partial charge on any atom is 0.00930 e. The van der Waals surface area contributed by atoms with E-state index in [0.717, 1.165) is 31.5 Å². The number of unbranched alkanes of at least 4 members (excludes halogenated alkanes) is 1. The van der Waals surface area contributed by atoms with E-state index < -0.39 is 0 Å². The van der Waals surface area contributed by atoms with E-state index in [2.05, 4.69) is 26.1 Å². The molecule has 2 unspecified atom stereocenters. The van der Waals surface area contributed by atoms with E-state index in [1.807, 2.05) is 0 Å². The van der Waals surface area contributed by atoms with Gasteiger partial charge in [0, 0.05) is 6.04 Å². The van der Waals surface area contributed by atoms with Crippen molar-refractivity contribution in [3.05, 3.63) is 0 Å². The Morgan fingerprint density at radius 2 is 2.07 bits per heavy atom. The summed E-state index contributed by atoms with van der Waals surface area (Å²) in [5.74, 6) is 0.826. The molecule has 1 aliphatic rings. The first kappa shape index (κ1) is 13.0.